The van der Waals surface area contributed by atoms with Gasteiger partial charge in [0.1, 0.15) is 12.3 Å². The van der Waals surface area contributed by atoms with Gasteiger partial charge in [-0.25, -0.2) is 4.79 Å². The highest BCUT2D eigenvalue weighted by atomic mass is 35.5. The monoisotopic (exact) mass is 725 g/mol. The molecular weight excluding hydrogens is 669 g/mol. The van der Waals surface area contributed by atoms with E-state index in [-0.39, 0.29) is 42.9 Å². The van der Waals surface area contributed by atoms with Gasteiger partial charge in [0.05, 0.1) is 30.3 Å². The van der Waals surface area contributed by atoms with Crippen LogP contribution in [0.1, 0.15) is 99.3 Å². The lowest BCUT2D eigenvalue weighted by molar-refractivity contribution is -0.141. The van der Waals surface area contributed by atoms with Crippen molar-refractivity contribution in [3.8, 4) is 12.3 Å². The zero-order valence-electron chi connectivity index (χ0n) is 30.0. The minimum Gasteiger partial charge on any atom is -0.376 e. The molecule has 13 heteroatoms. The molecule has 0 bridgehead atoms. The summed E-state index contributed by atoms with van der Waals surface area (Å²) < 4.78 is 4.13. The van der Waals surface area contributed by atoms with E-state index < -0.39 is 63.8 Å². The first kappa shape index (κ1) is 41.1. The van der Waals surface area contributed by atoms with Crippen LogP contribution in [0.4, 0.5) is 4.79 Å². The molecule has 11 nitrogen and oxygen atoms in total. The number of likely N-dealkylation sites (tertiary alicyclic amines) is 1. The van der Waals surface area contributed by atoms with Crippen LogP contribution in [0.15, 0.2) is 12.2 Å². The molecule has 2 aliphatic carbocycles. The van der Waals surface area contributed by atoms with Gasteiger partial charge in [0.25, 0.3) is 5.91 Å². The number of ketones is 1. The smallest absolute Gasteiger partial charge is 0.315 e. The number of hydrogen-bond acceptors (Lipinski definition) is 7. The van der Waals surface area contributed by atoms with E-state index in [0.717, 1.165) is 51.4 Å². The van der Waals surface area contributed by atoms with E-state index in [1.54, 1.807) is 0 Å². The third kappa shape index (κ3) is 11.1. The molecule has 3 rings (SSSR count). The van der Waals surface area contributed by atoms with Gasteiger partial charge in [0.2, 0.25) is 11.7 Å². The predicted molar refractivity (Wildman–Crippen MR) is 191 cm³/mol. The normalized spacial score (nSPS) is 23.8. The number of halogens is 2. The van der Waals surface area contributed by atoms with Crippen molar-refractivity contribution in [3.63, 3.8) is 0 Å². The predicted octanol–water partition coefficient (Wildman–Crippen LogP) is 4.18. The van der Waals surface area contributed by atoms with E-state index in [1.807, 2.05) is 41.5 Å². The molecule has 1 aliphatic heterocycles. The zero-order valence-corrected chi connectivity index (χ0v) is 31.5. The van der Waals surface area contributed by atoms with Crippen LogP contribution in [0.25, 0.3) is 0 Å². The second kappa shape index (κ2) is 16.8. The van der Waals surface area contributed by atoms with Gasteiger partial charge in [0, 0.05) is 12.5 Å². The van der Waals surface area contributed by atoms with Crippen LogP contribution in [-0.4, -0.2) is 87.1 Å². The first-order valence-electron chi connectivity index (χ1n) is 17.5. The molecule has 0 radical (unpaired) electrons. The second-order valence-corrected chi connectivity index (χ2v) is 17.5. The van der Waals surface area contributed by atoms with Crippen molar-refractivity contribution in [3.05, 3.63) is 12.2 Å². The molecule has 0 aromatic heterocycles. The average molecular weight is 727 g/mol. The lowest BCUT2D eigenvalue weighted by Gasteiger charge is -2.41. The molecule has 1 heterocycles. The Morgan fingerprint density at radius 3 is 2.12 bits per heavy atom. The number of urea groups is 1. The van der Waals surface area contributed by atoms with Crippen molar-refractivity contribution in [2.45, 2.75) is 140 Å². The van der Waals surface area contributed by atoms with Crippen molar-refractivity contribution in [2.24, 2.45) is 28.9 Å². The number of amides is 4. The van der Waals surface area contributed by atoms with Gasteiger partial charge in [-0.3, -0.25) is 19.3 Å². The van der Waals surface area contributed by atoms with Gasteiger partial charge in [0.15, 0.2) is 4.33 Å². The number of aliphatic hydroxyl groups is 1. The van der Waals surface area contributed by atoms with Crippen LogP contribution in [0, 0.1) is 35.5 Å². The molecule has 276 valence electrons. The number of nitrogens with two attached hydrogens (primary N) is 1. The van der Waals surface area contributed by atoms with E-state index in [9.17, 15) is 24.3 Å². The average Bonchev–Trinajstić information content (AvgIpc) is 3.35. The summed E-state index contributed by atoms with van der Waals surface area (Å²) in [4.78, 5) is 54.2. The summed E-state index contributed by atoms with van der Waals surface area (Å²) in [5.74, 6) is -1.46. The van der Waals surface area contributed by atoms with Gasteiger partial charge >= 0.3 is 6.03 Å². The summed E-state index contributed by atoms with van der Waals surface area (Å²) >= 11 is 13.2. The van der Waals surface area contributed by atoms with Crippen LogP contribution < -0.4 is 21.7 Å². The molecular formula is C36H57Cl2N5O6. The number of terminal acetylenes is 1. The van der Waals surface area contributed by atoms with Gasteiger partial charge in [-0.1, -0.05) is 101 Å². The SMILES string of the molecule is C#CC(Cl)(Cl)[C@H]1C(=C)CN(C(O)[C@@H](NC(=O)N[C@H](COC(C)(C)C)C(C)(C)C)C2CCCCC2)[C@@H]1C(=O)NC(CC1CCC1)C(=O)C(N)=O. The van der Waals surface area contributed by atoms with Crippen LogP contribution in [0.2, 0.25) is 0 Å². The molecule has 0 aromatic rings. The number of carbonyl (C=O) groups is 4. The number of nitrogens with zero attached hydrogens (tertiary/aromatic N) is 1. The van der Waals surface area contributed by atoms with Crippen molar-refractivity contribution in [1.82, 2.24) is 20.9 Å². The summed E-state index contributed by atoms with van der Waals surface area (Å²) in [6, 6.07) is -4.10. The number of nitrogens with one attached hydrogen (secondary N) is 3. The summed E-state index contributed by atoms with van der Waals surface area (Å²) in [6.45, 7) is 16.2. The Hall–Kier alpha value is -2.36. The van der Waals surface area contributed by atoms with Gasteiger partial charge in [-0.2, -0.15) is 0 Å². The highest BCUT2D eigenvalue weighted by Crippen LogP contribution is 2.44. The van der Waals surface area contributed by atoms with E-state index >= 15 is 0 Å². The fourth-order valence-electron chi connectivity index (χ4n) is 7.00. The topological polar surface area (TPSA) is 163 Å². The highest BCUT2D eigenvalue weighted by molar-refractivity contribution is 6.51. The van der Waals surface area contributed by atoms with Gasteiger partial charge in [-0.15, -0.1) is 6.42 Å². The standard InChI is InChI=1S/C36H57Cl2N5O6/c1-9-36(37,38)26-21(2)19-43(28(26)31(46)40-24(29(44)30(39)45)18-22-14-13-15-22)32(47)27(23-16-11-10-12-17-23)42-33(48)41-25(34(3,4)5)20-49-35(6,7)8/h1,22-28,32,47H,2,10-20H2,3-8H3,(H2,39,45)(H,40,46)(H2,41,42,48)/t24?,25-,26+,27+,28+,32?/m1/s1. The second-order valence-electron chi connectivity index (χ2n) is 16.1. The Morgan fingerprint density at radius 1 is 1.02 bits per heavy atom. The van der Waals surface area contributed by atoms with E-state index in [0.29, 0.717) is 5.57 Å². The summed E-state index contributed by atoms with van der Waals surface area (Å²) in [5, 5.41) is 21.0. The fraction of sp³-hybridized carbons (Fsp3) is 0.778. The van der Waals surface area contributed by atoms with Crippen LogP contribution in [0.5, 0.6) is 0 Å². The number of primary amides is 1. The van der Waals surface area contributed by atoms with Crippen molar-refractivity contribution in [1.29, 1.82) is 0 Å². The molecule has 2 unspecified atom stereocenters. The van der Waals surface area contributed by atoms with Crippen LogP contribution in [-0.2, 0) is 19.1 Å². The number of alkyl halides is 2. The van der Waals surface area contributed by atoms with E-state index in [2.05, 4.69) is 28.4 Å². The number of hydrogen-bond donors (Lipinski definition) is 5. The number of aliphatic hydroxyl groups excluding tert-OH is 1. The summed E-state index contributed by atoms with van der Waals surface area (Å²) in [6.07, 6.45) is 11.7. The number of Topliss-reactive ketones (excluding diaryl/α,β-unsaturated/α-hetero) is 1. The Kier molecular flexibility index (Phi) is 14.1. The lowest BCUT2D eigenvalue weighted by atomic mass is 9.80. The van der Waals surface area contributed by atoms with Crippen molar-refractivity contribution >= 4 is 46.8 Å². The molecule has 2 saturated carbocycles. The molecule has 4 amide bonds. The largest absolute Gasteiger partial charge is 0.376 e. The van der Waals surface area contributed by atoms with Crippen molar-refractivity contribution in [2.75, 3.05) is 13.2 Å². The molecule has 0 aromatic carbocycles. The number of rotatable bonds is 14. The van der Waals surface area contributed by atoms with E-state index in [1.165, 1.54) is 4.90 Å². The fourth-order valence-corrected chi connectivity index (χ4v) is 7.55. The minimum absolute atomic E-state index is 0.0135. The van der Waals surface area contributed by atoms with Crippen LogP contribution >= 0.6 is 23.2 Å². The highest BCUT2D eigenvalue weighted by Gasteiger charge is 2.54. The van der Waals surface area contributed by atoms with Crippen molar-refractivity contribution < 1.29 is 29.0 Å². The number of carbonyl (C=O) groups excluding carboxylic acids is 4. The maximum atomic E-state index is 14.2. The third-order valence-corrected chi connectivity index (χ3v) is 10.9. The minimum atomic E-state index is -1.90. The number of ether oxygens (including phenoxy) is 1. The van der Waals surface area contributed by atoms with Gasteiger partial charge in [-0.05, 0) is 57.3 Å². The molecule has 6 atom stereocenters. The quantitative estimate of drug-likeness (QED) is 0.0777. The Bertz CT molecular complexity index is 1260. The molecule has 3 fully saturated rings. The maximum Gasteiger partial charge on any atom is 0.315 e. The Morgan fingerprint density at radius 2 is 1.63 bits per heavy atom. The maximum absolute atomic E-state index is 14.2. The van der Waals surface area contributed by atoms with Gasteiger partial charge < -0.3 is 31.5 Å². The molecule has 1 saturated heterocycles. The molecule has 49 heavy (non-hydrogen) atoms. The first-order chi connectivity index (χ1) is 22.7. The lowest BCUT2D eigenvalue weighted by Crippen LogP contribution is -2.63. The first-order valence-corrected chi connectivity index (χ1v) is 18.2. The molecule has 6 N–H and O–H groups in total. The summed E-state index contributed by atoms with van der Waals surface area (Å²) in [7, 11) is 0. The van der Waals surface area contributed by atoms with Crippen LogP contribution in [0.3, 0.4) is 0 Å². The Balaban J connectivity index is 1.95. The molecule has 0 spiro atoms. The zero-order chi connectivity index (χ0) is 36.9. The Labute approximate surface area is 302 Å². The molecule has 3 aliphatic rings. The summed E-state index contributed by atoms with van der Waals surface area (Å²) in [5.41, 5.74) is 5.00. The van der Waals surface area contributed by atoms with E-state index in [4.69, 9.17) is 40.1 Å². The third-order valence-electron chi connectivity index (χ3n) is 10.2.